The zero-order valence-corrected chi connectivity index (χ0v) is 9.94. The second-order valence-electron chi connectivity index (χ2n) is 4.53. The van der Waals surface area contributed by atoms with Crippen LogP contribution in [0, 0.1) is 5.92 Å². The first-order valence-corrected chi connectivity index (χ1v) is 5.87. The highest BCUT2D eigenvalue weighted by molar-refractivity contribution is 5.85. The van der Waals surface area contributed by atoms with Gasteiger partial charge in [0, 0.05) is 12.6 Å². The van der Waals surface area contributed by atoms with E-state index in [0.29, 0.717) is 6.04 Å². The van der Waals surface area contributed by atoms with E-state index in [2.05, 4.69) is 10.6 Å². The van der Waals surface area contributed by atoms with Crippen molar-refractivity contribution in [3.63, 3.8) is 0 Å². The van der Waals surface area contributed by atoms with Crippen molar-refractivity contribution in [3.8, 4) is 0 Å². The topological polar surface area (TPSA) is 41.1 Å². The van der Waals surface area contributed by atoms with Gasteiger partial charge in [0.25, 0.3) is 0 Å². The van der Waals surface area contributed by atoms with Crippen LogP contribution in [0.3, 0.4) is 0 Å². The maximum absolute atomic E-state index is 11.8. The summed E-state index contributed by atoms with van der Waals surface area (Å²) in [6.07, 6.45) is 7.30. The molecule has 0 spiro atoms. The van der Waals surface area contributed by atoms with Gasteiger partial charge in [-0.05, 0) is 25.8 Å². The van der Waals surface area contributed by atoms with E-state index in [1.807, 2.05) is 0 Å². The molecule has 1 saturated heterocycles. The lowest BCUT2D eigenvalue weighted by molar-refractivity contribution is -0.125. The summed E-state index contributed by atoms with van der Waals surface area (Å²) in [5.41, 5.74) is 0. The lowest BCUT2D eigenvalue weighted by Crippen LogP contribution is -2.40. The number of carbonyl (C=O) groups is 1. The minimum atomic E-state index is 0. The van der Waals surface area contributed by atoms with E-state index in [1.54, 1.807) is 0 Å². The number of carbonyl (C=O) groups excluding carboxylic acids is 1. The molecule has 0 aromatic rings. The zero-order chi connectivity index (χ0) is 9.80. The lowest BCUT2D eigenvalue weighted by atomic mass is 9.95. The molecular formula is C11H21ClN2O. The third-order valence-corrected chi connectivity index (χ3v) is 3.38. The molecule has 0 radical (unpaired) electrons. The van der Waals surface area contributed by atoms with Crippen LogP contribution in [0.25, 0.3) is 0 Å². The largest absolute Gasteiger partial charge is 0.353 e. The molecule has 1 amide bonds. The Balaban J connectivity index is 0.00000112. The van der Waals surface area contributed by atoms with Gasteiger partial charge in [-0.15, -0.1) is 12.4 Å². The molecule has 0 aromatic carbocycles. The molecule has 1 heterocycles. The van der Waals surface area contributed by atoms with E-state index in [-0.39, 0.29) is 24.2 Å². The van der Waals surface area contributed by atoms with Crippen molar-refractivity contribution >= 4 is 18.3 Å². The number of hydrogen-bond donors (Lipinski definition) is 2. The van der Waals surface area contributed by atoms with E-state index in [0.717, 1.165) is 19.5 Å². The molecule has 1 aliphatic carbocycles. The van der Waals surface area contributed by atoms with Crippen molar-refractivity contribution < 1.29 is 4.79 Å². The van der Waals surface area contributed by atoms with Crippen LogP contribution in [-0.2, 0) is 4.79 Å². The Bertz CT molecular complexity index is 199. The highest BCUT2D eigenvalue weighted by Gasteiger charge is 2.24. The average Bonchev–Trinajstić information content (AvgIpc) is 2.72. The third-order valence-electron chi connectivity index (χ3n) is 3.38. The molecule has 1 atom stereocenters. The molecule has 2 rings (SSSR count). The van der Waals surface area contributed by atoms with Crippen molar-refractivity contribution in [1.82, 2.24) is 10.6 Å². The summed E-state index contributed by atoms with van der Waals surface area (Å²) >= 11 is 0. The third kappa shape index (κ3) is 3.65. The average molecular weight is 233 g/mol. The predicted molar refractivity (Wildman–Crippen MR) is 63.2 cm³/mol. The van der Waals surface area contributed by atoms with Gasteiger partial charge in [-0.1, -0.05) is 19.3 Å². The molecule has 1 aliphatic heterocycles. The van der Waals surface area contributed by atoms with Crippen LogP contribution >= 0.6 is 12.4 Å². The lowest BCUT2D eigenvalue weighted by Gasteiger charge is -2.24. The van der Waals surface area contributed by atoms with Crippen molar-refractivity contribution in [1.29, 1.82) is 0 Å². The van der Waals surface area contributed by atoms with Gasteiger partial charge in [0.05, 0.1) is 5.92 Å². The number of nitrogens with one attached hydrogen (secondary N) is 2. The highest BCUT2D eigenvalue weighted by Crippen LogP contribution is 2.18. The van der Waals surface area contributed by atoms with Crippen LogP contribution in [0.5, 0.6) is 0 Å². The van der Waals surface area contributed by atoms with Crippen LogP contribution in [0.4, 0.5) is 0 Å². The molecule has 15 heavy (non-hydrogen) atoms. The number of halogens is 1. The standard InChI is InChI=1S/C11H20N2O.ClH/c14-11(9-6-7-12-8-9)13-10-4-2-1-3-5-10;/h9-10,12H,1-8H2,(H,13,14);1H/t9-;/m1./s1. The fourth-order valence-electron chi connectivity index (χ4n) is 2.44. The van der Waals surface area contributed by atoms with E-state index < -0.39 is 0 Å². The fourth-order valence-corrected chi connectivity index (χ4v) is 2.44. The first kappa shape index (κ1) is 12.8. The molecule has 2 N–H and O–H groups in total. The van der Waals surface area contributed by atoms with Crippen molar-refractivity contribution in [2.45, 2.75) is 44.6 Å². The summed E-state index contributed by atoms with van der Waals surface area (Å²) < 4.78 is 0. The summed E-state index contributed by atoms with van der Waals surface area (Å²) in [4.78, 5) is 11.8. The van der Waals surface area contributed by atoms with Gasteiger partial charge < -0.3 is 10.6 Å². The summed E-state index contributed by atoms with van der Waals surface area (Å²) in [6.45, 7) is 1.88. The van der Waals surface area contributed by atoms with Gasteiger partial charge in [0.2, 0.25) is 5.91 Å². The normalized spacial score (nSPS) is 27.1. The Hall–Kier alpha value is -0.280. The second-order valence-corrected chi connectivity index (χ2v) is 4.53. The Morgan fingerprint density at radius 2 is 1.87 bits per heavy atom. The molecular weight excluding hydrogens is 212 g/mol. The van der Waals surface area contributed by atoms with E-state index in [4.69, 9.17) is 0 Å². The van der Waals surface area contributed by atoms with E-state index in [1.165, 1.54) is 32.1 Å². The monoisotopic (exact) mass is 232 g/mol. The summed E-state index contributed by atoms with van der Waals surface area (Å²) in [6, 6.07) is 0.469. The van der Waals surface area contributed by atoms with Gasteiger partial charge in [-0.3, -0.25) is 4.79 Å². The first-order valence-electron chi connectivity index (χ1n) is 5.87. The van der Waals surface area contributed by atoms with Crippen LogP contribution in [0.15, 0.2) is 0 Å². The van der Waals surface area contributed by atoms with Gasteiger partial charge in [0.1, 0.15) is 0 Å². The van der Waals surface area contributed by atoms with E-state index in [9.17, 15) is 4.79 Å². The van der Waals surface area contributed by atoms with E-state index >= 15 is 0 Å². The van der Waals surface area contributed by atoms with Crippen LogP contribution in [-0.4, -0.2) is 25.0 Å². The summed E-state index contributed by atoms with van der Waals surface area (Å²) in [7, 11) is 0. The van der Waals surface area contributed by atoms with Crippen LogP contribution in [0.2, 0.25) is 0 Å². The van der Waals surface area contributed by atoms with Crippen LogP contribution in [0.1, 0.15) is 38.5 Å². The molecule has 0 bridgehead atoms. The smallest absolute Gasteiger partial charge is 0.224 e. The Labute approximate surface area is 97.8 Å². The van der Waals surface area contributed by atoms with Gasteiger partial charge in [-0.25, -0.2) is 0 Å². The summed E-state index contributed by atoms with van der Waals surface area (Å²) in [5, 5.41) is 6.41. The Kier molecular flexibility index (Phi) is 5.40. The molecule has 0 aromatic heterocycles. The molecule has 2 aliphatic rings. The molecule has 2 fully saturated rings. The number of hydrogen-bond acceptors (Lipinski definition) is 2. The molecule has 88 valence electrons. The Morgan fingerprint density at radius 1 is 1.13 bits per heavy atom. The predicted octanol–water partition coefficient (Wildman–Crippen LogP) is 1.47. The first-order chi connectivity index (χ1) is 6.86. The quantitative estimate of drug-likeness (QED) is 0.757. The maximum atomic E-state index is 11.8. The zero-order valence-electron chi connectivity index (χ0n) is 9.13. The minimum Gasteiger partial charge on any atom is -0.353 e. The SMILES string of the molecule is Cl.O=C(NC1CCCCC1)[C@@H]1CCNC1. The minimum absolute atomic E-state index is 0. The van der Waals surface area contributed by atoms with Gasteiger partial charge in [-0.2, -0.15) is 0 Å². The number of rotatable bonds is 2. The Morgan fingerprint density at radius 3 is 2.47 bits per heavy atom. The maximum Gasteiger partial charge on any atom is 0.224 e. The number of amides is 1. The van der Waals surface area contributed by atoms with Gasteiger partial charge >= 0.3 is 0 Å². The second kappa shape index (κ2) is 6.33. The van der Waals surface area contributed by atoms with Crippen molar-refractivity contribution in [2.24, 2.45) is 5.92 Å². The van der Waals surface area contributed by atoms with Crippen molar-refractivity contribution in [3.05, 3.63) is 0 Å². The molecule has 4 heteroatoms. The van der Waals surface area contributed by atoms with Crippen molar-refractivity contribution in [2.75, 3.05) is 13.1 Å². The highest BCUT2D eigenvalue weighted by atomic mass is 35.5. The fraction of sp³-hybridized carbons (Fsp3) is 0.909. The summed E-state index contributed by atoms with van der Waals surface area (Å²) in [5.74, 6) is 0.513. The molecule has 0 unspecified atom stereocenters. The van der Waals surface area contributed by atoms with Gasteiger partial charge in [0.15, 0.2) is 0 Å². The van der Waals surface area contributed by atoms with Crippen LogP contribution < -0.4 is 10.6 Å². The molecule has 3 nitrogen and oxygen atoms in total. The molecule has 1 saturated carbocycles.